The third-order valence-electron chi connectivity index (χ3n) is 2.68. The van der Waals surface area contributed by atoms with Crippen molar-refractivity contribution in [3.63, 3.8) is 0 Å². The highest BCUT2D eigenvalue weighted by atomic mass is 19.1. The number of hydrogen-bond donors (Lipinski definition) is 0. The van der Waals surface area contributed by atoms with Crippen LogP contribution in [0.2, 0.25) is 0 Å². The number of hydrogen-bond acceptors (Lipinski definition) is 2. The number of halogens is 1. The van der Waals surface area contributed by atoms with Gasteiger partial charge in [0.05, 0.1) is 12.0 Å². The van der Waals surface area contributed by atoms with Crippen LogP contribution in [0.25, 0.3) is 11.3 Å². The predicted octanol–water partition coefficient (Wildman–Crippen LogP) is 3.27. The molecule has 2 rings (SSSR count). The normalized spacial score (nSPS) is 10.7. The van der Waals surface area contributed by atoms with E-state index in [-0.39, 0.29) is 0 Å². The van der Waals surface area contributed by atoms with Crippen LogP contribution in [-0.4, -0.2) is 14.5 Å². The molecular weight excluding hydrogens is 217 g/mol. The third-order valence-corrected chi connectivity index (χ3v) is 2.68. The van der Waals surface area contributed by atoms with E-state index in [4.69, 9.17) is 0 Å². The smallest absolute Gasteiger partial charge is 0.212 e. The summed E-state index contributed by atoms with van der Waals surface area (Å²) in [5.74, 6) is -0.462. The topological polar surface area (TPSA) is 30.7 Å². The molecule has 90 valence electrons. The van der Waals surface area contributed by atoms with E-state index in [0.29, 0.717) is 0 Å². The Kier molecular flexibility index (Phi) is 3.85. The quantitative estimate of drug-likeness (QED) is 0.586. The van der Waals surface area contributed by atoms with E-state index in [0.717, 1.165) is 24.2 Å². The maximum Gasteiger partial charge on any atom is 0.212 e. The van der Waals surface area contributed by atoms with Gasteiger partial charge in [-0.25, -0.2) is 9.97 Å². The van der Waals surface area contributed by atoms with Gasteiger partial charge in [-0.3, -0.25) is 0 Å². The van der Waals surface area contributed by atoms with Crippen molar-refractivity contribution in [2.75, 3.05) is 0 Å². The van der Waals surface area contributed by atoms with Crippen molar-refractivity contribution in [1.82, 2.24) is 14.5 Å². The van der Waals surface area contributed by atoms with Gasteiger partial charge in [0.1, 0.15) is 0 Å². The van der Waals surface area contributed by atoms with E-state index in [1.54, 1.807) is 6.07 Å². The van der Waals surface area contributed by atoms with Gasteiger partial charge in [-0.05, 0) is 18.6 Å². The van der Waals surface area contributed by atoms with Gasteiger partial charge < -0.3 is 4.57 Å². The predicted molar refractivity (Wildman–Crippen MR) is 64.9 cm³/mol. The molecule has 0 atom stereocenters. The van der Waals surface area contributed by atoms with Crippen LogP contribution in [0, 0.1) is 5.95 Å². The monoisotopic (exact) mass is 233 g/mol. The average Bonchev–Trinajstić information content (AvgIpc) is 2.79. The molecule has 17 heavy (non-hydrogen) atoms. The highest BCUT2D eigenvalue weighted by molar-refractivity contribution is 5.56. The molecule has 0 amide bonds. The first-order chi connectivity index (χ1) is 8.29. The Morgan fingerprint density at radius 2 is 2.12 bits per heavy atom. The molecule has 0 radical (unpaired) electrons. The fourth-order valence-electron chi connectivity index (χ4n) is 1.70. The van der Waals surface area contributed by atoms with Gasteiger partial charge in [-0.2, -0.15) is 4.39 Å². The van der Waals surface area contributed by atoms with Crippen molar-refractivity contribution < 1.29 is 4.39 Å². The molecule has 4 heteroatoms. The number of unbranched alkanes of at least 4 members (excludes halogenated alkanes) is 2. The van der Waals surface area contributed by atoms with E-state index in [1.165, 1.54) is 25.1 Å². The standard InChI is InChI=1S/C13H16FN3/c1-2-3-4-7-17-9-12(16-10-17)11-5-6-13(14)15-8-11/h5-6,8-10H,2-4,7H2,1H3. The molecule has 0 unspecified atom stereocenters. The summed E-state index contributed by atoms with van der Waals surface area (Å²) in [6.45, 7) is 3.17. The molecule has 0 N–H and O–H groups in total. The van der Waals surface area contributed by atoms with Gasteiger partial charge in [0, 0.05) is 24.5 Å². The number of nitrogens with zero attached hydrogens (tertiary/aromatic N) is 3. The van der Waals surface area contributed by atoms with Gasteiger partial charge in [-0.1, -0.05) is 19.8 Å². The summed E-state index contributed by atoms with van der Waals surface area (Å²) in [4.78, 5) is 7.92. The SMILES string of the molecule is CCCCCn1cnc(-c2ccc(F)nc2)c1. The molecule has 0 aliphatic heterocycles. The first-order valence-corrected chi connectivity index (χ1v) is 5.93. The zero-order valence-corrected chi connectivity index (χ0v) is 9.93. The molecule has 0 saturated carbocycles. The van der Waals surface area contributed by atoms with Gasteiger partial charge in [0.25, 0.3) is 0 Å². The van der Waals surface area contributed by atoms with Gasteiger partial charge >= 0.3 is 0 Å². The number of rotatable bonds is 5. The number of aromatic nitrogens is 3. The summed E-state index contributed by atoms with van der Waals surface area (Å²) in [7, 11) is 0. The van der Waals surface area contributed by atoms with Crippen LogP contribution in [0.1, 0.15) is 26.2 Å². The second kappa shape index (κ2) is 5.57. The van der Waals surface area contributed by atoms with Gasteiger partial charge in [0.2, 0.25) is 5.95 Å². The maximum atomic E-state index is 12.7. The molecule has 0 bridgehead atoms. The Morgan fingerprint density at radius 1 is 1.24 bits per heavy atom. The molecule has 2 heterocycles. The fourth-order valence-corrected chi connectivity index (χ4v) is 1.70. The Balaban J connectivity index is 2.04. The number of aryl methyl sites for hydroxylation is 1. The molecule has 0 aromatic carbocycles. The maximum absolute atomic E-state index is 12.7. The molecule has 0 aliphatic rings. The minimum atomic E-state index is -0.462. The van der Waals surface area contributed by atoms with Crippen LogP contribution < -0.4 is 0 Å². The molecule has 0 aliphatic carbocycles. The van der Waals surface area contributed by atoms with Crippen LogP contribution in [0.3, 0.4) is 0 Å². The molecule has 2 aromatic heterocycles. The number of pyridine rings is 1. The Bertz CT molecular complexity index is 462. The highest BCUT2D eigenvalue weighted by Crippen LogP contribution is 2.16. The van der Waals surface area contributed by atoms with Crippen LogP contribution in [0.4, 0.5) is 4.39 Å². The zero-order chi connectivity index (χ0) is 12.1. The first-order valence-electron chi connectivity index (χ1n) is 5.93. The van der Waals surface area contributed by atoms with Crippen LogP contribution in [0.5, 0.6) is 0 Å². The van der Waals surface area contributed by atoms with Gasteiger partial charge in [-0.15, -0.1) is 0 Å². The van der Waals surface area contributed by atoms with Gasteiger partial charge in [0.15, 0.2) is 0 Å². The van der Waals surface area contributed by atoms with Crippen molar-refractivity contribution in [3.05, 3.63) is 36.8 Å². The molecule has 0 saturated heterocycles. The highest BCUT2D eigenvalue weighted by Gasteiger charge is 2.02. The summed E-state index contributed by atoms with van der Waals surface area (Å²) in [5, 5.41) is 0. The van der Waals surface area contributed by atoms with Crippen molar-refractivity contribution >= 4 is 0 Å². The lowest BCUT2D eigenvalue weighted by Crippen LogP contribution is -1.93. The molecule has 3 nitrogen and oxygen atoms in total. The van der Waals surface area contributed by atoms with Crippen LogP contribution >= 0.6 is 0 Å². The second-order valence-corrected chi connectivity index (χ2v) is 4.07. The van der Waals surface area contributed by atoms with Crippen molar-refractivity contribution in [2.24, 2.45) is 0 Å². The largest absolute Gasteiger partial charge is 0.337 e. The van der Waals surface area contributed by atoms with E-state index < -0.39 is 5.95 Å². The summed E-state index contributed by atoms with van der Waals surface area (Å²) >= 11 is 0. The minimum absolute atomic E-state index is 0.462. The molecule has 0 spiro atoms. The Labute approximate surface area is 100 Å². The van der Waals surface area contributed by atoms with E-state index in [1.807, 2.05) is 12.5 Å². The minimum Gasteiger partial charge on any atom is -0.337 e. The van der Waals surface area contributed by atoms with E-state index in [9.17, 15) is 4.39 Å². The van der Waals surface area contributed by atoms with Crippen LogP contribution in [-0.2, 0) is 6.54 Å². The Morgan fingerprint density at radius 3 is 2.82 bits per heavy atom. The summed E-state index contributed by atoms with van der Waals surface area (Å²) < 4.78 is 14.7. The van der Waals surface area contributed by atoms with E-state index >= 15 is 0 Å². The molecular formula is C13H16FN3. The van der Waals surface area contributed by atoms with Crippen molar-refractivity contribution in [3.8, 4) is 11.3 Å². The number of imidazole rings is 1. The summed E-state index contributed by atoms with van der Waals surface area (Å²) in [5.41, 5.74) is 1.69. The van der Waals surface area contributed by atoms with E-state index in [2.05, 4.69) is 21.5 Å². The third kappa shape index (κ3) is 3.12. The lowest BCUT2D eigenvalue weighted by atomic mass is 10.2. The molecule has 0 fully saturated rings. The average molecular weight is 233 g/mol. The summed E-state index contributed by atoms with van der Waals surface area (Å²) in [6.07, 6.45) is 8.90. The van der Waals surface area contributed by atoms with Crippen LogP contribution in [0.15, 0.2) is 30.9 Å². The van der Waals surface area contributed by atoms with Crippen molar-refractivity contribution in [1.29, 1.82) is 0 Å². The first kappa shape index (κ1) is 11.8. The second-order valence-electron chi connectivity index (χ2n) is 4.07. The summed E-state index contributed by atoms with van der Waals surface area (Å²) in [6, 6.07) is 3.05. The Hall–Kier alpha value is -1.71. The lowest BCUT2D eigenvalue weighted by molar-refractivity contribution is 0.584. The van der Waals surface area contributed by atoms with Crippen molar-refractivity contribution in [2.45, 2.75) is 32.7 Å². The lowest BCUT2D eigenvalue weighted by Gasteiger charge is -1.99. The zero-order valence-electron chi connectivity index (χ0n) is 9.93. The fraction of sp³-hybridized carbons (Fsp3) is 0.385. The molecule has 2 aromatic rings.